The minimum atomic E-state index is -3.62. The topological polar surface area (TPSA) is 105 Å². The number of ether oxygens (including phenoxy) is 1. The maximum Gasteiger partial charge on any atom is 0.227 e. The van der Waals surface area contributed by atoms with Crippen molar-refractivity contribution >= 4 is 15.7 Å². The molecule has 0 aromatic heterocycles. The average Bonchev–Trinajstić information content (AvgIpc) is 2.35. The lowest BCUT2D eigenvalue weighted by Gasteiger charge is -2.10. The molecule has 0 spiro atoms. The maximum atomic E-state index is 11.6. The third kappa shape index (κ3) is 3.35. The highest BCUT2D eigenvalue weighted by Crippen LogP contribution is 2.21. The van der Waals surface area contributed by atoms with Gasteiger partial charge in [0.05, 0.1) is 18.9 Å². The molecule has 1 aromatic rings. The molecule has 3 N–H and O–H groups in total. The van der Waals surface area contributed by atoms with Gasteiger partial charge in [-0.05, 0) is 24.6 Å². The van der Waals surface area contributed by atoms with E-state index in [2.05, 4.69) is 4.72 Å². The molecule has 0 aliphatic heterocycles. The van der Waals surface area contributed by atoms with Gasteiger partial charge in [-0.2, -0.15) is 5.26 Å². The Balaban J connectivity index is 2.76. The van der Waals surface area contributed by atoms with Crippen molar-refractivity contribution in [2.45, 2.75) is 18.7 Å². The Bertz CT molecular complexity index is 563. The first-order chi connectivity index (χ1) is 8.40. The van der Waals surface area contributed by atoms with Gasteiger partial charge < -0.3 is 10.5 Å². The summed E-state index contributed by atoms with van der Waals surface area (Å²) in [6.07, 6.45) is 0. The van der Waals surface area contributed by atoms with Crippen LogP contribution in [0.4, 0.5) is 5.69 Å². The van der Waals surface area contributed by atoms with E-state index in [1.165, 1.54) is 14.0 Å². The van der Waals surface area contributed by atoms with Gasteiger partial charge in [0.25, 0.3) is 0 Å². The maximum absolute atomic E-state index is 11.6. The van der Waals surface area contributed by atoms with Crippen LogP contribution in [0, 0.1) is 11.3 Å². The van der Waals surface area contributed by atoms with Gasteiger partial charge in [-0.25, -0.2) is 13.1 Å². The predicted molar refractivity (Wildman–Crippen MR) is 68.2 cm³/mol. The van der Waals surface area contributed by atoms with E-state index in [4.69, 9.17) is 15.7 Å². The van der Waals surface area contributed by atoms with Gasteiger partial charge in [0.1, 0.15) is 5.75 Å². The molecule has 0 radical (unpaired) electrons. The summed E-state index contributed by atoms with van der Waals surface area (Å²) >= 11 is 0. The zero-order valence-corrected chi connectivity index (χ0v) is 11.0. The van der Waals surface area contributed by atoms with Crippen molar-refractivity contribution < 1.29 is 13.2 Å². The zero-order chi connectivity index (χ0) is 13.8. The van der Waals surface area contributed by atoms with Gasteiger partial charge in [-0.1, -0.05) is 6.07 Å². The zero-order valence-electron chi connectivity index (χ0n) is 10.2. The summed E-state index contributed by atoms with van der Waals surface area (Å²) in [7, 11) is -2.12. The molecule has 0 fully saturated rings. The Labute approximate surface area is 106 Å². The van der Waals surface area contributed by atoms with E-state index in [1.807, 2.05) is 0 Å². The number of nitrogens with two attached hydrogens (primary N) is 1. The van der Waals surface area contributed by atoms with Gasteiger partial charge in [0, 0.05) is 6.54 Å². The van der Waals surface area contributed by atoms with Gasteiger partial charge >= 0.3 is 0 Å². The van der Waals surface area contributed by atoms with Crippen LogP contribution in [0.3, 0.4) is 0 Å². The molecule has 0 amide bonds. The number of nitrogens with one attached hydrogen (secondary N) is 1. The third-order valence-electron chi connectivity index (χ3n) is 2.42. The molecule has 0 heterocycles. The minimum absolute atomic E-state index is 0.0859. The number of sulfonamides is 1. The molecule has 0 aliphatic carbocycles. The van der Waals surface area contributed by atoms with Crippen LogP contribution in [0.2, 0.25) is 0 Å². The molecule has 0 aliphatic rings. The molecule has 1 rings (SSSR count). The lowest BCUT2D eigenvalue weighted by Crippen LogP contribution is -2.31. The van der Waals surface area contributed by atoms with Crippen LogP contribution in [0.1, 0.15) is 12.5 Å². The number of benzene rings is 1. The van der Waals surface area contributed by atoms with Crippen molar-refractivity contribution in [2.75, 3.05) is 12.8 Å². The molecular weight excluding hydrogens is 254 g/mol. The molecule has 98 valence electrons. The van der Waals surface area contributed by atoms with Gasteiger partial charge in [0.15, 0.2) is 5.25 Å². The van der Waals surface area contributed by atoms with E-state index in [0.717, 1.165) is 0 Å². The summed E-state index contributed by atoms with van der Waals surface area (Å²) in [4.78, 5) is 0. The molecule has 0 bridgehead atoms. The number of nitrogen functional groups attached to an aromatic ring is 1. The summed E-state index contributed by atoms with van der Waals surface area (Å²) in [6.45, 7) is 1.41. The Hall–Kier alpha value is -1.78. The highest BCUT2D eigenvalue weighted by molar-refractivity contribution is 7.90. The summed E-state index contributed by atoms with van der Waals surface area (Å²) in [6, 6.07) is 6.66. The molecule has 7 heteroatoms. The number of methoxy groups -OCH3 is 1. The van der Waals surface area contributed by atoms with E-state index < -0.39 is 15.3 Å². The lowest BCUT2D eigenvalue weighted by molar-refractivity contribution is 0.417. The van der Waals surface area contributed by atoms with Crippen LogP contribution in [0.15, 0.2) is 18.2 Å². The number of nitriles is 1. The van der Waals surface area contributed by atoms with Gasteiger partial charge in [0.2, 0.25) is 10.0 Å². The first-order valence-corrected chi connectivity index (χ1v) is 6.76. The van der Waals surface area contributed by atoms with Crippen molar-refractivity contribution in [2.24, 2.45) is 0 Å². The fourth-order valence-corrected chi connectivity index (χ4v) is 2.03. The number of nitrogens with zero attached hydrogens (tertiary/aromatic N) is 1. The first-order valence-electron chi connectivity index (χ1n) is 5.21. The first kappa shape index (κ1) is 14.3. The van der Waals surface area contributed by atoms with E-state index in [1.54, 1.807) is 24.3 Å². The number of hydrogen-bond acceptors (Lipinski definition) is 5. The standard InChI is InChI=1S/C11H15N3O3S/c1-8(6-12)18(15,16)14-7-9-3-4-11(17-2)10(13)5-9/h3-5,8,14H,7,13H2,1-2H3. The monoisotopic (exact) mass is 269 g/mol. The molecular formula is C11H15N3O3S. The second-order valence-electron chi connectivity index (χ2n) is 3.71. The highest BCUT2D eigenvalue weighted by atomic mass is 32.2. The van der Waals surface area contributed by atoms with Crippen LogP contribution in [-0.2, 0) is 16.6 Å². The second-order valence-corrected chi connectivity index (χ2v) is 5.80. The van der Waals surface area contributed by atoms with Crippen molar-refractivity contribution in [3.63, 3.8) is 0 Å². The third-order valence-corrected chi connectivity index (χ3v) is 4.00. The Morgan fingerprint density at radius 3 is 2.72 bits per heavy atom. The van der Waals surface area contributed by atoms with Crippen LogP contribution in [-0.4, -0.2) is 20.8 Å². The smallest absolute Gasteiger partial charge is 0.227 e. The highest BCUT2D eigenvalue weighted by Gasteiger charge is 2.19. The van der Waals surface area contributed by atoms with E-state index >= 15 is 0 Å². The van der Waals surface area contributed by atoms with Crippen molar-refractivity contribution in [3.05, 3.63) is 23.8 Å². The van der Waals surface area contributed by atoms with Crippen LogP contribution in [0.5, 0.6) is 5.75 Å². The molecule has 0 saturated heterocycles. The summed E-state index contributed by atoms with van der Waals surface area (Å²) in [5.41, 5.74) is 6.83. The summed E-state index contributed by atoms with van der Waals surface area (Å²) in [5.74, 6) is 0.534. The fourth-order valence-electron chi connectivity index (χ4n) is 1.27. The molecule has 6 nitrogen and oxygen atoms in total. The van der Waals surface area contributed by atoms with E-state index in [0.29, 0.717) is 17.0 Å². The predicted octanol–water partition coefficient (Wildman–Crippen LogP) is 0.609. The van der Waals surface area contributed by atoms with Crippen LogP contribution >= 0.6 is 0 Å². The number of anilines is 1. The second kappa shape index (κ2) is 5.71. The lowest BCUT2D eigenvalue weighted by atomic mass is 10.2. The van der Waals surface area contributed by atoms with Crippen molar-refractivity contribution in [1.29, 1.82) is 5.26 Å². The normalized spacial score (nSPS) is 12.7. The average molecular weight is 269 g/mol. The summed E-state index contributed by atoms with van der Waals surface area (Å²) < 4.78 is 30.4. The number of rotatable bonds is 5. The minimum Gasteiger partial charge on any atom is -0.495 e. The van der Waals surface area contributed by atoms with E-state index in [9.17, 15) is 8.42 Å². The Morgan fingerprint density at radius 2 is 2.22 bits per heavy atom. The molecule has 1 atom stereocenters. The van der Waals surface area contributed by atoms with Crippen LogP contribution in [0.25, 0.3) is 0 Å². The SMILES string of the molecule is COc1ccc(CNS(=O)(=O)C(C)C#N)cc1N. The largest absolute Gasteiger partial charge is 0.495 e. The summed E-state index contributed by atoms with van der Waals surface area (Å²) in [5, 5.41) is 7.48. The molecule has 1 aromatic carbocycles. The molecule has 18 heavy (non-hydrogen) atoms. The van der Waals surface area contributed by atoms with Gasteiger partial charge in [-0.3, -0.25) is 0 Å². The quantitative estimate of drug-likeness (QED) is 0.762. The molecule has 0 saturated carbocycles. The van der Waals surface area contributed by atoms with Gasteiger partial charge in [-0.15, -0.1) is 0 Å². The van der Waals surface area contributed by atoms with Crippen LogP contribution < -0.4 is 15.2 Å². The number of hydrogen-bond donors (Lipinski definition) is 2. The van der Waals surface area contributed by atoms with Crippen molar-refractivity contribution in [1.82, 2.24) is 4.72 Å². The Kier molecular flexibility index (Phi) is 4.53. The van der Waals surface area contributed by atoms with E-state index in [-0.39, 0.29) is 6.54 Å². The van der Waals surface area contributed by atoms with Crippen molar-refractivity contribution in [3.8, 4) is 11.8 Å². The Morgan fingerprint density at radius 1 is 1.56 bits per heavy atom. The fraction of sp³-hybridized carbons (Fsp3) is 0.364. The molecule has 1 unspecified atom stereocenters.